The highest BCUT2D eigenvalue weighted by Gasteiger charge is 2.25. The Morgan fingerprint density at radius 1 is 0.857 bits per heavy atom. The fourth-order valence-electron chi connectivity index (χ4n) is 3.83. The minimum Gasteiger partial charge on any atom is -0.481 e. The fraction of sp³-hybridized carbons (Fsp3) is 0.654. The van der Waals surface area contributed by atoms with Crippen molar-refractivity contribution in [2.24, 2.45) is 5.92 Å². The number of hydrogen-bond donors (Lipinski definition) is 1. The molecule has 0 amide bonds. The Morgan fingerprint density at radius 3 is 1.96 bits per heavy atom. The molecule has 2 unspecified atom stereocenters. The van der Waals surface area contributed by atoms with Crippen LogP contribution in [0.1, 0.15) is 109 Å². The van der Waals surface area contributed by atoms with E-state index in [2.05, 4.69) is 19.1 Å². The second-order valence-corrected chi connectivity index (χ2v) is 8.16. The molecule has 2 nitrogen and oxygen atoms in total. The molecule has 0 heterocycles. The van der Waals surface area contributed by atoms with Crippen molar-refractivity contribution in [3.05, 3.63) is 48.0 Å². The Kier molecular flexibility index (Phi) is 14.3. The third-order valence-electron chi connectivity index (χ3n) is 5.77. The van der Waals surface area contributed by atoms with Crippen molar-refractivity contribution >= 4 is 5.97 Å². The maximum atomic E-state index is 11.7. The highest BCUT2D eigenvalue weighted by molar-refractivity contribution is 5.71. The zero-order chi connectivity index (χ0) is 20.5. The average Bonchev–Trinajstić information content (AvgIpc) is 2.71. The van der Waals surface area contributed by atoms with Crippen LogP contribution in [0.4, 0.5) is 0 Å². The van der Waals surface area contributed by atoms with Crippen LogP contribution < -0.4 is 0 Å². The largest absolute Gasteiger partial charge is 0.481 e. The van der Waals surface area contributed by atoms with E-state index in [-0.39, 0.29) is 11.8 Å². The van der Waals surface area contributed by atoms with Crippen LogP contribution in [0.5, 0.6) is 0 Å². The Hall–Kier alpha value is -1.57. The molecule has 2 atom stereocenters. The highest BCUT2D eigenvalue weighted by Crippen LogP contribution is 2.28. The summed E-state index contributed by atoms with van der Waals surface area (Å²) >= 11 is 0. The van der Waals surface area contributed by atoms with Gasteiger partial charge in [0.2, 0.25) is 0 Å². The third-order valence-corrected chi connectivity index (χ3v) is 5.77. The summed E-state index contributed by atoms with van der Waals surface area (Å²) in [6.45, 7) is 4.31. The van der Waals surface area contributed by atoms with Crippen LogP contribution in [0, 0.1) is 5.92 Å². The molecule has 0 spiro atoms. The van der Waals surface area contributed by atoms with Gasteiger partial charge in [0.25, 0.3) is 0 Å². The van der Waals surface area contributed by atoms with E-state index in [1.54, 1.807) is 0 Å². The van der Waals surface area contributed by atoms with E-state index < -0.39 is 5.97 Å². The lowest BCUT2D eigenvalue weighted by atomic mass is 9.84. The minimum absolute atomic E-state index is 0.0728. The second kappa shape index (κ2) is 16.4. The third kappa shape index (κ3) is 11.3. The zero-order valence-corrected chi connectivity index (χ0v) is 18.2. The lowest BCUT2D eigenvalue weighted by Gasteiger charge is -2.20. The monoisotopic (exact) mass is 386 g/mol. The fourth-order valence-corrected chi connectivity index (χ4v) is 3.83. The van der Waals surface area contributed by atoms with Crippen molar-refractivity contribution in [1.82, 2.24) is 0 Å². The van der Waals surface area contributed by atoms with Crippen LogP contribution in [0.25, 0.3) is 0 Å². The van der Waals surface area contributed by atoms with Crippen LogP contribution in [0.15, 0.2) is 42.5 Å². The first-order valence-corrected chi connectivity index (χ1v) is 11.6. The number of unbranched alkanes of at least 4 members (excludes halogenated alkanes) is 10. The van der Waals surface area contributed by atoms with Gasteiger partial charge in [0.05, 0.1) is 5.92 Å². The van der Waals surface area contributed by atoms with E-state index in [1.807, 2.05) is 37.3 Å². The molecule has 1 aromatic carbocycles. The Labute approximate surface area is 173 Å². The van der Waals surface area contributed by atoms with E-state index in [4.69, 9.17) is 0 Å². The molecule has 0 aliphatic carbocycles. The van der Waals surface area contributed by atoms with Gasteiger partial charge in [-0.25, -0.2) is 0 Å². The SMILES string of the molecule is CCCCCCCC/C=C/CCCCCCC(C(=O)O)C(C)c1ccccc1. The Bertz CT molecular complexity index is 520. The van der Waals surface area contributed by atoms with Gasteiger partial charge in [0.1, 0.15) is 0 Å². The van der Waals surface area contributed by atoms with E-state index in [9.17, 15) is 9.90 Å². The van der Waals surface area contributed by atoms with Crippen molar-refractivity contribution in [2.75, 3.05) is 0 Å². The number of allylic oxidation sites excluding steroid dienone is 2. The topological polar surface area (TPSA) is 37.3 Å². The average molecular weight is 387 g/mol. The van der Waals surface area contributed by atoms with Crippen LogP contribution in [-0.4, -0.2) is 11.1 Å². The summed E-state index contributed by atoms with van der Waals surface area (Å²) in [6, 6.07) is 10.0. The maximum Gasteiger partial charge on any atom is 0.307 e. The molecule has 28 heavy (non-hydrogen) atoms. The number of rotatable bonds is 17. The van der Waals surface area contributed by atoms with Gasteiger partial charge in [-0.3, -0.25) is 4.79 Å². The van der Waals surface area contributed by atoms with Gasteiger partial charge >= 0.3 is 5.97 Å². The lowest BCUT2D eigenvalue weighted by Crippen LogP contribution is -2.20. The summed E-state index contributed by atoms with van der Waals surface area (Å²) in [6.07, 6.45) is 20.6. The first kappa shape index (κ1) is 24.5. The van der Waals surface area contributed by atoms with Crippen molar-refractivity contribution in [3.63, 3.8) is 0 Å². The Balaban J connectivity index is 2.07. The normalized spacial score (nSPS) is 13.6. The summed E-state index contributed by atoms with van der Waals surface area (Å²) in [7, 11) is 0. The molecular weight excluding hydrogens is 344 g/mol. The first-order valence-electron chi connectivity index (χ1n) is 11.6. The van der Waals surface area contributed by atoms with Gasteiger partial charge in [-0.05, 0) is 43.6 Å². The molecule has 2 heteroatoms. The predicted octanol–water partition coefficient (Wildman–Crippen LogP) is 8.14. The quantitative estimate of drug-likeness (QED) is 0.217. The molecule has 0 aromatic heterocycles. The summed E-state index contributed by atoms with van der Waals surface area (Å²) in [5.74, 6) is -0.864. The number of benzene rings is 1. The standard InChI is InChI=1S/C26H42O2/c1-3-4-5-6-7-8-9-10-11-12-13-14-15-19-22-25(26(27)28)23(2)24-20-17-16-18-21-24/h10-11,16-18,20-21,23,25H,3-9,12-15,19,22H2,1-2H3,(H,27,28)/b11-10+. The number of carbonyl (C=O) groups is 1. The maximum absolute atomic E-state index is 11.7. The van der Waals surface area contributed by atoms with Gasteiger partial charge in [0, 0.05) is 0 Å². The molecule has 0 bridgehead atoms. The molecule has 1 N–H and O–H groups in total. The van der Waals surface area contributed by atoms with Crippen LogP contribution in [0.3, 0.4) is 0 Å². The van der Waals surface area contributed by atoms with E-state index in [0.717, 1.165) is 24.8 Å². The Morgan fingerprint density at radius 2 is 1.39 bits per heavy atom. The van der Waals surface area contributed by atoms with E-state index >= 15 is 0 Å². The van der Waals surface area contributed by atoms with Crippen LogP contribution in [-0.2, 0) is 4.79 Å². The lowest BCUT2D eigenvalue weighted by molar-refractivity contribution is -0.142. The van der Waals surface area contributed by atoms with Crippen LogP contribution in [0.2, 0.25) is 0 Å². The molecule has 0 fully saturated rings. The minimum atomic E-state index is -0.658. The predicted molar refractivity (Wildman–Crippen MR) is 121 cm³/mol. The highest BCUT2D eigenvalue weighted by atomic mass is 16.4. The molecular formula is C26H42O2. The van der Waals surface area contributed by atoms with Crippen molar-refractivity contribution in [3.8, 4) is 0 Å². The summed E-state index contributed by atoms with van der Waals surface area (Å²) in [4.78, 5) is 11.7. The number of aliphatic carboxylic acids is 1. The number of hydrogen-bond acceptors (Lipinski definition) is 1. The molecule has 0 aliphatic rings. The van der Waals surface area contributed by atoms with Crippen molar-refractivity contribution in [1.29, 1.82) is 0 Å². The van der Waals surface area contributed by atoms with Gasteiger partial charge in [-0.1, -0.05) is 108 Å². The number of carboxylic acids is 1. The summed E-state index contributed by atoms with van der Waals surface area (Å²) < 4.78 is 0. The van der Waals surface area contributed by atoms with Gasteiger partial charge < -0.3 is 5.11 Å². The smallest absolute Gasteiger partial charge is 0.307 e. The first-order chi connectivity index (χ1) is 13.7. The zero-order valence-electron chi connectivity index (χ0n) is 18.2. The van der Waals surface area contributed by atoms with Crippen molar-refractivity contribution < 1.29 is 9.90 Å². The molecule has 1 aromatic rings. The molecule has 0 radical (unpaired) electrons. The molecule has 0 aliphatic heterocycles. The summed E-state index contributed by atoms with van der Waals surface area (Å²) in [5, 5.41) is 9.60. The molecule has 0 saturated heterocycles. The van der Waals surface area contributed by atoms with Gasteiger partial charge in [-0.15, -0.1) is 0 Å². The van der Waals surface area contributed by atoms with E-state index in [1.165, 1.54) is 64.2 Å². The van der Waals surface area contributed by atoms with Gasteiger partial charge in [-0.2, -0.15) is 0 Å². The summed E-state index contributed by atoms with van der Waals surface area (Å²) in [5.41, 5.74) is 1.13. The van der Waals surface area contributed by atoms with Crippen molar-refractivity contribution in [2.45, 2.75) is 103 Å². The van der Waals surface area contributed by atoms with E-state index in [0.29, 0.717) is 0 Å². The second-order valence-electron chi connectivity index (χ2n) is 8.16. The number of carboxylic acid groups (broad SMARTS) is 1. The van der Waals surface area contributed by atoms with Gasteiger partial charge in [0.15, 0.2) is 0 Å². The molecule has 158 valence electrons. The molecule has 0 saturated carbocycles. The van der Waals surface area contributed by atoms with Crippen LogP contribution >= 0.6 is 0 Å². The molecule has 1 rings (SSSR count).